The summed E-state index contributed by atoms with van der Waals surface area (Å²) in [7, 11) is 0. The molecular formula is C19H34N4O3. The molecule has 7 heteroatoms. The Labute approximate surface area is 156 Å². The van der Waals surface area contributed by atoms with Gasteiger partial charge >= 0.3 is 0 Å². The first-order chi connectivity index (χ1) is 12.7. The Morgan fingerprint density at radius 2 is 2.00 bits per heavy atom. The molecule has 1 aliphatic carbocycles. The first-order valence-corrected chi connectivity index (χ1v) is 10.3. The smallest absolute Gasteiger partial charge is 0.242 e. The van der Waals surface area contributed by atoms with E-state index in [4.69, 9.17) is 9.47 Å². The van der Waals surface area contributed by atoms with E-state index in [0.717, 1.165) is 70.9 Å². The number of carbonyl (C=O) groups excluding carboxylic acids is 1. The van der Waals surface area contributed by atoms with Crippen molar-refractivity contribution in [3.8, 4) is 0 Å². The Morgan fingerprint density at radius 1 is 1.19 bits per heavy atom. The number of nitrogens with one attached hydrogen (secondary N) is 2. The molecule has 148 valence electrons. The zero-order valence-corrected chi connectivity index (χ0v) is 16.0. The molecule has 3 fully saturated rings. The third kappa shape index (κ3) is 6.43. The van der Waals surface area contributed by atoms with Gasteiger partial charge < -0.3 is 25.0 Å². The lowest BCUT2D eigenvalue weighted by Gasteiger charge is -2.35. The van der Waals surface area contributed by atoms with Crippen LogP contribution >= 0.6 is 0 Å². The molecule has 0 aromatic rings. The fourth-order valence-electron chi connectivity index (χ4n) is 3.49. The minimum Gasteiger partial charge on any atom is -0.376 e. The third-order valence-electron chi connectivity index (χ3n) is 5.18. The highest BCUT2D eigenvalue weighted by molar-refractivity contribution is 5.85. The number of piperidine rings is 1. The Morgan fingerprint density at radius 3 is 2.65 bits per heavy atom. The van der Waals surface area contributed by atoms with Crippen LogP contribution in [0.4, 0.5) is 0 Å². The standard InChI is InChI=1S/C19H34N4O3/c1-2-20-19(21-13-18(24)22-15-6-7-15)23-10-8-16(9-11-23)26-14-17-5-3-4-12-25-17/h15-17H,2-14H2,1H3,(H,20,21)(H,22,24). The number of nitrogens with zero attached hydrogens (tertiary/aromatic N) is 2. The maximum absolute atomic E-state index is 11.9. The molecule has 2 saturated heterocycles. The molecule has 2 N–H and O–H groups in total. The summed E-state index contributed by atoms with van der Waals surface area (Å²) < 4.78 is 11.8. The van der Waals surface area contributed by atoms with E-state index in [1.807, 2.05) is 0 Å². The maximum atomic E-state index is 11.9. The van der Waals surface area contributed by atoms with Gasteiger partial charge in [0.05, 0.1) is 18.8 Å². The van der Waals surface area contributed by atoms with Crippen molar-refractivity contribution in [1.82, 2.24) is 15.5 Å². The van der Waals surface area contributed by atoms with Crippen molar-refractivity contribution in [3.05, 3.63) is 0 Å². The third-order valence-corrected chi connectivity index (χ3v) is 5.18. The van der Waals surface area contributed by atoms with Crippen molar-refractivity contribution in [2.75, 3.05) is 39.4 Å². The molecular weight excluding hydrogens is 332 g/mol. The summed E-state index contributed by atoms with van der Waals surface area (Å²) in [6.45, 7) is 6.48. The average Bonchev–Trinajstić information content (AvgIpc) is 3.49. The van der Waals surface area contributed by atoms with E-state index in [0.29, 0.717) is 12.1 Å². The van der Waals surface area contributed by atoms with Gasteiger partial charge in [-0.05, 0) is 51.9 Å². The van der Waals surface area contributed by atoms with Crippen LogP contribution in [0.15, 0.2) is 4.99 Å². The van der Waals surface area contributed by atoms with Crippen LogP contribution in [0.5, 0.6) is 0 Å². The molecule has 0 radical (unpaired) electrons. The van der Waals surface area contributed by atoms with Crippen molar-refractivity contribution in [2.24, 2.45) is 4.99 Å². The lowest BCUT2D eigenvalue weighted by molar-refractivity contribution is -0.119. The van der Waals surface area contributed by atoms with Crippen LogP contribution in [-0.4, -0.2) is 74.4 Å². The molecule has 2 aliphatic heterocycles. The second kappa shape index (κ2) is 10.1. The van der Waals surface area contributed by atoms with Gasteiger partial charge in [0, 0.05) is 32.3 Å². The molecule has 7 nitrogen and oxygen atoms in total. The minimum atomic E-state index is 0.0219. The number of guanidine groups is 1. The van der Waals surface area contributed by atoms with Gasteiger partial charge in [-0.2, -0.15) is 0 Å². The molecule has 2 heterocycles. The van der Waals surface area contributed by atoms with E-state index in [9.17, 15) is 4.79 Å². The number of hydrogen-bond acceptors (Lipinski definition) is 4. The van der Waals surface area contributed by atoms with Gasteiger partial charge in [-0.1, -0.05) is 0 Å². The minimum absolute atomic E-state index is 0.0219. The molecule has 0 spiro atoms. The van der Waals surface area contributed by atoms with E-state index in [-0.39, 0.29) is 18.6 Å². The molecule has 26 heavy (non-hydrogen) atoms. The summed E-state index contributed by atoms with van der Waals surface area (Å²) in [5.41, 5.74) is 0. The van der Waals surface area contributed by atoms with Gasteiger partial charge in [-0.15, -0.1) is 0 Å². The van der Waals surface area contributed by atoms with Gasteiger partial charge in [0.2, 0.25) is 5.91 Å². The maximum Gasteiger partial charge on any atom is 0.242 e. The van der Waals surface area contributed by atoms with E-state index in [2.05, 4.69) is 27.4 Å². The normalized spacial score (nSPS) is 25.2. The molecule has 0 bridgehead atoms. The molecule has 0 aromatic heterocycles. The summed E-state index contributed by atoms with van der Waals surface area (Å²) in [4.78, 5) is 18.6. The largest absolute Gasteiger partial charge is 0.376 e. The number of amides is 1. The van der Waals surface area contributed by atoms with Crippen LogP contribution < -0.4 is 10.6 Å². The first-order valence-electron chi connectivity index (χ1n) is 10.3. The molecule has 1 atom stereocenters. The number of aliphatic imine (C=N–C) groups is 1. The van der Waals surface area contributed by atoms with Crippen molar-refractivity contribution < 1.29 is 14.3 Å². The number of likely N-dealkylation sites (tertiary alicyclic amines) is 1. The first kappa shape index (κ1) is 19.4. The van der Waals surface area contributed by atoms with Crippen LogP contribution in [0.2, 0.25) is 0 Å². The Kier molecular flexibility index (Phi) is 7.55. The monoisotopic (exact) mass is 366 g/mol. The highest BCUT2D eigenvalue weighted by Crippen LogP contribution is 2.19. The number of carbonyl (C=O) groups is 1. The van der Waals surface area contributed by atoms with Gasteiger partial charge in [-0.25, -0.2) is 4.99 Å². The second-order valence-electron chi connectivity index (χ2n) is 7.52. The van der Waals surface area contributed by atoms with E-state index in [1.165, 1.54) is 12.8 Å². The van der Waals surface area contributed by atoms with Gasteiger partial charge in [0.15, 0.2) is 5.96 Å². The molecule has 1 unspecified atom stereocenters. The fraction of sp³-hybridized carbons (Fsp3) is 0.895. The van der Waals surface area contributed by atoms with E-state index in [1.54, 1.807) is 0 Å². The van der Waals surface area contributed by atoms with Crippen LogP contribution in [0.1, 0.15) is 51.9 Å². The average molecular weight is 367 g/mol. The number of ether oxygens (including phenoxy) is 2. The molecule has 1 amide bonds. The Balaban J connectivity index is 1.39. The Hall–Kier alpha value is -1.34. The summed E-state index contributed by atoms with van der Waals surface area (Å²) >= 11 is 0. The summed E-state index contributed by atoms with van der Waals surface area (Å²) in [5.74, 6) is 0.862. The van der Waals surface area contributed by atoms with Crippen molar-refractivity contribution in [3.63, 3.8) is 0 Å². The van der Waals surface area contributed by atoms with Crippen molar-refractivity contribution in [2.45, 2.75) is 70.1 Å². The summed E-state index contributed by atoms with van der Waals surface area (Å²) in [5, 5.41) is 6.30. The van der Waals surface area contributed by atoms with Crippen LogP contribution in [-0.2, 0) is 14.3 Å². The van der Waals surface area contributed by atoms with Crippen LogP contribution in [0.3, 0.4) is 0 Å². The Bertz CT molecular complexity index is 467. The summed E-state index contributed by atoms with van der Waals surface area (Å²) in [6, 6.07) is 0.390. The lowest BCUT2D eigenvalue weighted by atomic mass is 10.1. The van der Waals surface area contributed by atoms with Gasteiger partial charge in [-0.3, -0.25) is 4.79 Å². The molecule has 1 saturated carbocycles. The zero-order valence-electron chi connectivity index (χ0n) is 16.0. The predicted molar refractivity (Wildman–Crippen MR) is 101 cm³/mol. The molecule has 3 rings (SSSR count). The van der Waals surface area contributed by atoms with Crippen LogP contribution in [0.25, 0.3) is 0 Å². The SMILES string of the molecule is CCNC(=NCC(=O)NC1CC1)N1CCC(OCC2CCCCO2)CC1. The highest BCUT2D eigenvalue weighted by Gasteiger charge is 2.25. The lowest BCUT2D eigenvalue weighted by Crippen LogP contribution is -2.47. The van der Waals surface area contributed by atoms with Crippen LogP contribution in [0, 0.1) is 0 Å². The van der Waals surface area contributed by atoms with Crippen molar-refractivity contribution in [1.29, 1.82) is 0 Å². The fourth-order valence-corrected chi connectivity index (χ4v) is 3.49. The number of rotatable bonds is 7. The quantitative estimate of drug-likeness (QED) is 0.524. The van der Waals surface area contributed by atoms with E-state index < -0.39 is 0 Å². The van der Waals surface area contributed by atoms with Crippen molar-refractivity contribution >= 4 is 11.9 Å². The predicted octanol–water partition coefficient (Wildman–Crippen LogP) is 1.28. The number of hydrogen-bond donors (Lipinski definition) is 2. The highest BCUT2D eigenvalue weighted by atomic mass is 16.5. The van der Waals surface area contributed by atoms with Gasteiger partial charge in [0.25, 0.3) is 0 Å². The zero-order chi connectivity index (χ0) is 18.2. The van der Waals surface area contributed by atoms with E-state index >= 15 is 0 Å². The summed E-state index contributed by atoms with van der Waals surface area (Å²) in [6.07, 6.45) is 8.34. The molecule has 3 aliphatic rings. The topological polar surface area (TPSA) is 75.2 Å². The second-order valence-corrected chi connectivity index (χ2v) is 7.52. The molecule has 0 aromatic carbocycles. The van der Waals surface area contributed by atoms with Gasteiger partial charge in [0.1, 0.15) is 6.54 Å².